The Morgan fingerprint density at radius 1 is 1.11 bits per heavy atom. The lowest BCUT2D eigenvalue weighted by atomic mass is 9.80. The van der Waals surface area contributed by atoms with Gasteiger partial charge >= 0.3 is 0 Å². The van der Waals surface area contributed by atoms with Crippen molar-refractivity contribution in [3.63, 3.8) is 0 Å². The Labute approximate surface area is 112 Å². The first-order chi connectivity index (χ1) is 8.75. The molecule has 0 saturated heterocycles. The number of hydrogen-bond acceptors (Lipinski definition) is 1. The smallest absolute Gasteiger partial charge is 0.119 e. The van der Waals surface area contributed by atoms with Crippen molar-refractivity contribution in [3.05, 3.63) is 29.8 Å². The van der Waals surface area contributed by atoms with Gasteiger partial charge in [-0.15, -0.1) is 0 Å². The topological polar surface area (TPSA) is 9.23 Å². The third-order valence-electron chi connectivity index (χ3n) is 4.32. The van der Waals surface area contributed by atoms with Crippen LogP contribution in [0.25, 0.3) is 0 Å². The average molecular weight is 246 g/mol. The van der Waals surface area contributed by atoms with Crippen molar-refractivity contribution >= 4 is 0 Å². The molecule has 1 nitrogen and oxygen atoms in total. The van der Waals surface area contributed by atoms with Crippen LogP contribution in [0.1, 0.15) is 51.0 Å². The quantitative estimate of drug-likeness (QED) is 0.712. The van der Waals surface area contributed by atoms with Gasteiger partial charge in [0.15, 0.2) is 0 Å². The average Bonchev–Trinajstić information content (AvgIpc) is 2.42. The number of hydrogen-bond donors (Lipinski definition) is 0. The van der Waals surface area contributed by atoms with Gasteiger partial charge in [-0.25, -0.2) is 0 Å². The second-order valence-corrected chi connectivity index (χ2v) is 5.83. The van der Waals surface area contributed by atoms with Crippen LogP contribution in [0.5, 0.6) is 5.75 Å². The first-order valence-corrected chi connectivity index (χ1v) is 7.45. The normalized spacial score (nSPS) is 18.6. The van der Waals surface area contributed by atoms with E-state index in [-0.39, 0.29) is 0 Å². The number of aryl methyl sites for hydroxylation is 1. The Morgan fingerprint density at radius 2 is 1.78 bits per heavy atom. The van der Waals surface area contributed by atoms with E-state index in [0.29, 0.717) is 0 Å². The fourth-order valence-corrected chi connectivity index (χ4v) is 2.94. The van der Waals surface area contributed by atoms with Crippen LogP contribution in [0.4, 0.5) is 0 Å². The van der Waals surface area contributed by atoms with Gasteiger partial charge in [-0.3, -0.25) is 0 Å². The second-order valence-electron chi connectivity index (χ2n) is 5.83. The SMILES string of the molecule is Cc1ccc(OCCC(C)C2CCCCC2)cc1. The van der Waals surface area contributed by atoms with Crippen LogP contribution in [0.3, 0.4) is 0 Å². The molecule has 1 fully saturated rings. The van der Waals surface area contributed by atoms with E-state index in [4.69, 9.17) is 4.74 Å². The van der Waals surface area contributed by atoms with Gasteiger partial charge in [-0.1, -0.05) is 56.7 Å². The van der Waals surface area contributed by atoms with Gasteiger partial charge in [0.2, 0.25) is 0 Å². The molecule has 1 unspecified atom stereocenters. The van der Waals surface area contributed by atoms with Crippen LogP contribution in [-0.2, 0) is 0 Å². The highest BCUT2D eigenvalue weighted by Crippen LogP contribution is 2.31. The number of benzene rings is 1. The van der Waals surface area contributed by atoms with Gasteiger partial charge in [-0.2, -0.15) is 0 Å². The maximum absolute atomic E-state index is 5.82. The molecule has 1 aliphatic rings. The zero-order chi connectivity index (χ0) is 12.8. The lowest BCUT2D eigenvalue weighted by Crippen LogP contribution is -2.17. The predicted octanol–water partition coefficient (Wildman–Crippen LogP) is 4.98. The Bertz CT molecular complexity index is 335. The van der Waals surface area contributed by atoms with E-state index in [0.717, 1.165) is 24.2 Å². The summed E-state index contributed by atoms with van der Waals surface area (Å²) in [6, 6.07) is 8.36. The molecule has 0 spiro atoms. The zero-order valence-corrected chi connectivity index (χ0v) is 11.8. The van der Waals surface area contributed by atoms with Crippen molar-refractivity contribution in [1.29, 1.82) is 0 Å². The molecule has 1 saturated carbocycles. The predicted molar refractivity (Wildman–Crippen MR) is 77.0 cm³/mol. The first-order valence-electron chi connectivity index (χ1n) is 7.45. The van der Waals surface area contributed by atoms with E-state index >= 15 is 0 Å². The molecule has 1 aromatic rings. The summed E-state index contributed by atoms with van der Waals surface area (Å²) in [6.45, 7) is 5.37. The van der Waals surface area contributed by atoms with Crippen LogP contribution in [-0.4, -0.2) is 6.61 Å². The molecule has 100 valence electrons. The van der Waals surface area contributed by atoms with Crippen LogP contribution in [0.2, 0.25) is 0 Å². The molecule has 0 aromatic heterocycles. The summed E-state index contributed by atoms with van der Waals surface area (Å²) in [5, 5.41) is 0. The molecular formula is C17H26O. The summed E-state index contributed by atoms with van der Waals surface area (Å²) in [4.78, 5) is 0. The third-order valence-corrected chi connectivity index (χ3v) is 4.32. The Morgan fingerprint density at radius 3 is 2.44 bits per heavy atom. The summed E-state index contributed by atoms with van der Waals surface area (Å²) in [7, 11) is 0. The summed E-state index contributed by atoms with van der Waals surface area (Å²) in [5.74, 6) is 2.77. The van der Waals surface area contributed by atoms with Gasteiger partial charge < -0.3 is 4.74 Å². The van der Waals surface area contributed by atoms with E-state index in [9.17, 15) is 0 Å². The molecule has 0 bridgehead atoms. The maximum Gasteiger partial charge on any atom is 0.119 e. The molecular weight excluding hydrogens is 220 g/mol. The number of ether oxygens (including phenoxy) is 1. The zero-order valence-electron chi connectivity index (χ0n) is 11.8. The highest BCUT2D eigenvalue weighted by atomic mass is 16.5. The minimum absolute atomic E-state index is 0.816. The van der Waals surface area contributed by atoms with Gasteiger partial charge in [0.25, 0.3) is 0 Å². The summed E-state index contributed by atoms with van der Waals surface area (Å²) >= 11 is 0. The van der Waals surface area contributed by atoms with Crippen LogP contribution < -0.4 is 4.74 Å². The Kier molecular flexibility index (Phi) is 5.10. The minimum Gasteiger partial charge on any atom is -0.494 e. The van der Waals surface area contributed by atoms with Gasteiger partial charge in [0.05, 0.1) is 6.61 Å². The molecule has 18 heavy (non-hydrogen) atoms. The first kappa shape index (κ1) is 13.5. The fraction of sp³-hybridized carbons (Fsp3) is 0.647. The lowest BCUT2D eigenvalue weighted by molar-refractivity contribution is 0.209. The van der Waals surface area contributed by atoms with Crippen LogP contribution >= 0.6 is 0 Å². The molecule has 1 aliphatic carbocycles. The monoisotopic (exact) mass is 246 g/mol. The minimum atomic E-state index is 0.816. The summed E-state index contributed by atoms with van der Waals surface area (Å²) in [5.41, 5.74) is 1.29. The van der Waals surface area contributed by atoms with Gasteiger partial charge in [-0.05, 0) is 37.3 Å². The molecule has 2 rings (SSSR count). The standard InChI is InChI=1S/C17H26O/c1-14-8-10-17(11-9-14)18-13-12-15(2)16-6-4-3-5-7-16/h8-11,15-16H,3-7,12-13H2,1-2H3. The van der Waals surface area contributed by atoms with E-state index in [1.54, 1.807) is 0 Å². The van der Waals surface area contributed by atoms with Crippen molar-refractivity contribution in [1.82, 2.24) is 0 Å². The van der Waals surface area contributed by atoms with E-state index in [1.165, 1.54) is 44.1 Å². The third kappa shape index (κ3) is 4.04. The van der Waals surface area contributed by atoms with Crippen molar-refractivity contribution in [3.8, 4) is 5.75 Å². The van der Waals surface area contributed by atoms with Crippen molar-refractivity contribution in [2.75, 3.05) is 6.61 Å². The Balaban J connectivity index is 1.69. The molecule has 1 heteroatoms. The van der Waals surface area contributed by atoms with Crippen LogP contribution in [0, 0.1) is 18.8 Å². The van der Waals surface area contributed by atoms with E-state index < -0.39 is 0 Å². The molecule has 1 aromatic carbocycles. The van der Waals surface area contributed by atoms with Crippen molar-refractivity contribution in [2.24, 2.45) is 11.8 Å². The molecule has 1 atom stereocenters. The fourth-order valence-electron chi connectivity index (χ4n) is 2.94. The van der Waals surface area contributed by atoms with Crippen LogP contribution in [0.15, 0.2) is 24.3 Å². The number of rotatable bonds is 5. The van der Waals surface area contributed by atoms with Gasteiger partial charge in [0, 0.05) is 0 Å². The highest BCUT2D eigenvalue weighted by Gasteiger charge is 2.19. The largest absolute Gasteiger partial charge is 0.494 e. The van der Waals surface area contributed by atoms with Crippen molar-refractivity contribution in [2.45, 2.75) is 52.4 Å². The lowest BCUT2D eigenvalue weighted by Gasteiger charge is -2.27. The van der Waals surface area contributed by atoms with Crippen molar-refractivity contribution < 1.29 is 4.74 Å². The molecule has 0 radical (unpaired) electrons. The molecule has 0 N–H and O–H groups in total. The highest BCUT2D eigenvalue weighted by molar-refractivity contribution is 5.26. The summed E-state index contributed by atoms with van der Waals surface area (Å²) in [6.07, 6.45) is 8.39. The Hall–Kier alpha value is -0.980. The maximum atomic E-state index is 5.82. The van der Waals surface area contributed by atoms with E-state index in [1.807, 2.05) is 0 Å². The second kappa shape index (κ2) is 6.82. The molecule has 0 amide bonds. The van der Waals surface area contributed by atoms with E-state index in [2.05, 4.69) is 38.1 Å². The molecule has 0 heterocycles. The molecule has 0 aliphatic heterocycles. The summed E-state index contributed by atoms with van der Waals surface area (Å²) < 4.78 is 5.82. The van der Waals surface area contributed by atoms with Gasteiger partial charge in [0.1, 0.15) is 5.75 Å².